The van der Waals surface area contributed by atoms with Gasteiger partial charge in [0.15, 0.2) is 0 Å². The lowest BCUT2D eigenvalue weighted by Crippen LogP contribution is -2.13. The number of rotatable bonds is 11. The maximum Gasteiger partial charge on any atom is 0.135 e. The summed E-state index contributed by atoms with van der Waals surface area (Å²) < 4.78 is 0. The van der Waals surface area contributed by atoms with Gasteiger partial charge in [-0.05, 0) is 32.1 Å². The van der Waals surface area contributed by atoms with Crippen LogP contribution in [0.3, 0.4) is 0 Å². The Kier molecular flexibility index (Phi) is 11.1. The Balaban J connectivity index is 3.99. The molecule has 2 atom stereocenters. The summed E-state index contributed by atoms with van der Waals surface area (Å²) in [4.78, 5) is 11.9. The van der Waals surface area contributed by atoms with Crippen LogP contribution in [-0.4, -0.2) is 17.0 Å². The van der Waals surface area contributed by atoms with Crippen molar-refractivity contribution in [2.75, 3.05) is 0 Å². The van der Waals surface area contributed by atoms with E-state index in [9.17, 15) is 9.90 Å². The zero-order valence-corrected chi connectivity index (χ0v) is 12.3. The van der Waals surface area contributed by atoms with Crippen LogP contribution < -0.4 is 0 Å². The van der Waals surface area contributed by atoms with E-state index in [0.29, 0.717) is 12.2 Å². The largest absolute Gasteiger partial charge is 0.389 e. The number of aliphatic hydroxyl groups is 1. The summed E-state index contributed by atoms with van der Waals surface area (Å²) in [6.07, 6.45) is 11.0. The molecular weight excluding hydrogens is 224 g/mol. The second-order valence-corrected chi connectivity index (χ2v) is 5.06. The minimum absolute atomic E-state index is 0.225. The number of allylic oxidation sites excluding steroid dienone is 1. The minimum Gasteiger partial charge on any atom is -0.389 e. The van der Waals surface area contributed by atoms with Crippen LogP contribution in [0, 0.1) is 5.92 Å². The van der Waals surface area contributed by atoms with E-state index in [1.165, 1.54) is 0 Å². The summed E-state index contributed by atoms with van der Waals surface area (Å²) >= 11 is 0. The molecule has 0 saturated carbocycles. The third-order valence-corrected chi connectivity index (χ3v) is 3.21. The maximum atomic E-state index is 11.9. The van der Waals surface area contributed by atoms with Gasteiger partial charge in [-0.15, -0.1) is 0 Å². The van der Waals surface area contributed by atoms with Crippen LogP contribution in [0.1, 0.15) is 72.1 Å². The predicted molar refractivity (Wildman–Crippen MR) is 77.6 cm³/mol. The van der Waals surface area contributed by atoms with Crippen LogP contribution in [0.5, 0.6) is 0 Å². The molecule has 0 aromatic rings. The highest BCUT2D eigenvalue weighted by Crippen LogP contribution is 2.17. The summed E-state index contributed by atoms with van der Waals surface area (Å²) in [5, 5.41) is 9.56. The molecule has 0 aromatic heterocycles. The zero-order chi connectivity index (χ0) is 13.8. The third-order valence-electron chi connectivity index (χ3n) is 3.21. The van der Waals surface area contributed by atoms with Gasteiger partial charge < -0.3 is 5.11 Å². The highest BCUT2D eigenvalue weighted by molar-refractivity contribution is 5.80. The predicted octanol–water partition coefficient (Wildman–Crippen LogP) is 4.27. The molecular formula is C16H30O2. The van der Waals surface area contributed by atoms with Crippen LogP contribution >= 0.6 is 0 Å². The van der Waals surface area contributed by atoms with Crippen molar-refractivity contribution in [2.24, 2.45) is 5.92 Å². The van der Waals surface area contributed by atoms with E-state index in [-0.39, 0.29) is 12.0 Å². The van der Waals surface area contributed by atoms with Crippen LogP contribution in [0.2, 0.25) is 0 Å². The van der Waals surface area contributed by atoms with Gasteiger partial charge in [-0.2, -0.15) is 0 Å². The molecule has 0 saturated heterocycles. The Morgan fingerprint density at radius 3 is 2.28 bits per heavy atom. The van der Waals surface area contributed by atoms with Crippen LogP contribution in [0.25, 0.3) is 0 Å². The molecule has 0 fully saturated rings. The van der Waals surface area contributed by atoms with E-state index in [0.717, 1.165) is 44.9 Å². The van der Waals surface area contributed by atoms with Gasteiger partial charge in [0.25, 0.3) is 0 Å². The first-order valence-corrected chi connectivity index (χ1v) is 7.53. The molecule has 18 heavy (non-hydrogen) atoms. The fourth-order valence-corrected chi connectivity index (χ4v) is 2.21. The third kappa shape index (κ3) is 8.46. The fourth-order valence-electron chi connectivity index (χ4n) is 2.21. The lowest BCUT2D eigenvalue weighted by atomic mass is 9.91. The molecule has 0 aromatic carbocycles. The van der Waals surface area contributed by atoms with Crippen LogP contribution in [0.15, 0.2) is 12.2 Å². The van der Waals surface area contributed by atoms with E-state index in [1.54, 1.807) is 0 Å². The van der Waals surface area contributed by atoms with Crippen molar-refractivity contribution in [3.05, 3.63) is 12.2 Å². The fraction of sp³-hybridized carbons (Fsp3) is 0.812. The quantitative estimate of drug-likeness (QED) is 0.559. The van der Waals surface area contributed by atoms with Crippen molar-refractivity contribution < 1.29 is 9.90 Å². The van der Waals surface area contributed by atoms with Crippen LogP contribution in [0.4, 0.5) is 0 Å². The zero-order valence-electron chi connectivity index (χ0n) is 12.3. The molecule has 2 nitrogen and oxygen atoms in total. The van der Waals surface area contributed by atoms with E-state index in [2.05, 4.69) is 20.8 Å². The number of carbonyl (C=O) groups excluding carboxylic acids is 1. The van der Waals surface area contributed by atoms with Gasteiger partial charge in [0.1, 0.15) is 5.78 Å². The number of hydrogen-bond donors (Lipinski definition) is 1. The topological polar surface area (TPSA) is 37.3 Å². The van der Waals surface area contributed by atoms with E-state index in [1.807, 2.05) is 12.2 Å². The molecule has 0 aliphatic carbocycles. The standard InChI is InChI=1S/C16H30O2/c1-4-9-14(16(18)11-6-3)12-7-8-13-15(17)10-5-2/h8,13-15,17H,4-7,9-12H2,1-3H3. The van der Waals surface area contributed by atoms with Gasteiger partial charge in [0.05, 0.1) is 6.10 Å². The Morgan fingerprint density at radius 2 is 1.72 bits per heavy atom. The highest BCUT2D eigenvalue weighted by Gasteiger charge is 2.15. The number of hydrogen-bond acceptors (Lipinski definition) is 2. The summed E-state index contributed by atoms with van der Waals surface area (Å²) in [7, 11) is 0. The molecule has 2 heteroatoms. The van der Waals surface area contributed by atoms with Gasteiger partial charge in [-0.1, -0.05) is 45.8 Å². The molecule has 0 bridgehead atoms. The molecule has 2 unspecified atom stereocenters. The van der Waals surface area contributed by atoms with E-state index >= 15 is 0 Å². The van der Waals surface area contributed by atoms with Crippen molar-refractivity contribution in [2.45, 2.75) is 78.2 Å². The number of aliphatic hydroxyl groups excluding tert-OH is 1. The average molecular weight is 254 g/mol. The van der Waals surface area contributed by atoms with Gasteiger partial charge in [-0.25, -0.2) is 0 Å². The highest BCUT2D eigenvalue weighted by atomic mass is 16.3. The average Bonchev–Trinajstić information content (AvgIpc) is 2.33. The first kappa shape index (κ1) is 17.4. The smallest absolute Gasteiger partial charge is 0.135 e. The molecule has 0 rings (SSSR count). The number of carbonyl (C=O) groups is 1. The Bertz CT molecular complexity index is 233. The van der Waals surface area contributed by atoms with E-state index in [4.69, 9.17) is 0 Å². The lowest BCUT2D eigenvalue weighted by molar-refractivity contribution is -0.123. The van der Waals surface area contributed by atoms with Crippen molar-refractivity contribution >= 4 is 5.78 Å². The summed E-state index contributed by atoms with van der Waals surface area (Å²) in [5.41, 5.74) is 0. The summed E-state index contributed by atoms with van der Waals surface area (Å²) in [6.45, 7) is 6.26. The molecule has 0 aliphatic heterocycles. The SMILES string of the molecule is CCCC(=O)C(CCC)CCC=CC(O)CCC. The molecule has 0 aliphatic rings. The van der Waals surface area contributed by atoms with Crippen molar-refractivity contribution in [1.29, 1.82) is 0 Å². The lowest BCUT2D eigenvalue weighted by Gasteiger charge is -2.13. The summed E-state index contributed by atoms with van der Waals surface area (Å²) in [5.74, 6) is 0.643. The van der Waals surface area contributed by atoms with Crippen LogP contribution in [-0.2, 0) is 4.79 Å². The molecule has 0 radical (unpaired) electrons. The second kappa shape index (κ2) is 11.5. The molecule has 1 N–H and O–H groups in total. The first-order chi connectivity index (χ1) is 8.65. The van der Waals surface area contributed by atoms with Crippen molar-refractivity contribution in [1.82, 2.24) is 0 Å². The minimum atomic E-state index is -0.314. The molecule has 0 spiro atoms. The Labute approximate surface area is 112 Å². The molecule has 106 valence electrons. The molecule has 0 amide bonds. The van der Waals surface area contributed by atoms with E-state index < -0.39 is 0 Å². The maximum absolute atomic E-state index is 11.9. The van der Waals surface area contributed by atoms with Gasteiger partial charge >= 0.3 is 0 Å². The van der Waals surface area contributed by atoms with Crippen molar-refractivity contribution in [3.8, 4) is 0 Å². The van der Waals surface area contributed by atoms with Crippen molar-refractivity contribution in [3.63, 3.8) is 0 Å². The second-order valence-electron chi connectivity index (χ2n) is 5.06. The molecule has 0 heterocycles. The van der Waals surface area contributed by atoms with Gasteiger partial charge in [-0.3, -0.25) is 4.79 Å². The van der Waals surface area contributed by atoms with Gasteiger partial charge in [0, 0.05) is 12.3 Å². The first-order valence-electron chi connectivity index (χ1n) is 7.53. The Morgan fingerprint density at radius 1 is 1.06 bits per heavy atom. The van der Waals surface area contributed by atoms with Gasteiger partial charge in [0.2, 0.25) is 0 Å². The number of Topliss-reactive ketones (excluding diaryl/α,β-unsaturated/α-hetero) is 1. The Hall–Kier alpha value is -0.630. The summed E-state index contributed by atoms with van der Waals surface area (Å²) in [6, 6.07) is 0. The monoisotopic (exact) mass is 254 g/mol. The number of ketones is 1. The normalized spacial score (nSPS) is 14.9.